The number of rotatable bonds is 4. The predicted molar refractivity (Wildman–Crippen MR) is 182 cm³/mol. The van der Waals surface area contributed by atoms with Crippen molar-refractivity contribution in [1.29, 1.82) is 0 Å². The number of alkyl halides is 6. The molecule has 0 spiro atoms. The zero-order valence-electron chi connectivity index (χ0n) is 25.9. The molecule has 9 heteroatoms. The molecule has 0 saturated carbocycles. The summed E-state index contributed by atoms with van der Waals surface area (Å²) in [5, 5.41) is 4.44. The van der Waals surface area contributed by atoms with Crippen LogP contribution < -0.4 is 0 Å². The Morgan fingerprint density at radius 1 is 0.596 bits per heavy atom. The van der Waals surface area contributed by atoms with Gasteiger partial charge in [-0.15, -0.1) is 69.1 Å². The van der Waals surface area contributed by atoms with Crippen LogP contribution in [0, 0.1) is 0 Å². The molecule has 0 aromatic heterocycles. The standard InChI is InChI=1S/2C18H14F3.C2H4.2ClH.Zr/c2*1-2-12-10-14-4-3-5-16(17(14)11-12)13-6-8-15(9-7-13)18(19,20)21;1-2;;;/h2*3-11H,2H2,1H3;1H,2H3;2*1H;/q2*-1;;;;+2/p-2. The molecule has 6 aromatic rings. The average molecular weight is 765 g/mol. The molecular weight excluding hydrogens is 733 g/mol. The van der Waals surface area contributed by atoms with Gasteiger partial charge in [0.1, 0.15) is 0 Å². The first-order chi connectivity index (χ1) is 22.2. The number of fused-ring (bicyclic) bond motifs is 2. The third kappa shape index (κ3) is 9.56. The van der Waals surface area contributed by atoms with E-state index >= 15 is 0 Å². The van der Waals surface area contributed by atoms with Gasteiger partial charge in [0, 0.05) is 0 Å². The Kier molecular flexibility index (Phi) is 12.5. The molecular formula is C38H32Cl2F6Zr-2. The molecule has 0 bridgehead atoms. The van der Waals surface area contributed by atoms with Crippen LogP contribution >= 0.6 is 17.0 Å². The van der Waals surface area contributed by atoms with E-state index in [0.29, 0.717) is 0 Å². The van der Waals surface area contributed by atoms with Gasteiger partial charge in [-0.3, -0.25) is 0 Å². The van der Waals surface area contributed by atoms with Crippen LogP contribution in [0.5, 0.6) is 0 Å². The first-order valence-corrected chi connectivity index (χ1v) is 22.7. The van der Waals surface area contributed by atoms with Crippen molar-refractivity contribution in [3.05, 3.63) is 131 Å². The topological polar surface area (TPSA) is 0 Å². The summed E-state index contributed by atoms with van der Waals surface area (Å²) in [4.78, 5) is 0. The molecule has 0 atom stereocenters. The quantitative estimate of drug-likeness (QED) is 0.124. The summed E-state index contributed by atoms with van der Waals surface area (Å²) in [5.41, 5.74) is 4.81. The van der Waals surface area contributed by atoms with Crippen molar-refractivity contribution < 1.29 is 45.2 Å². The number of hydrogen-bond acceptors (Lipinski definition) is 0. The summed E-state index contributed by atoms with van der Waals surface area (Å²) in [6.07, 6.45) is -6.69. The molecule has 0 amide bonds. The van der Waals surface area contributed by atoms with Gasteiger partial charge < -0.3 is 0 Å². The van der Waals surface area contributed by atoms with Crippen LogP contribution in [0.2, 0.25) is 0 Å². The first-order valence-electron chi connectivity index (χ1n) is 14.9. The van der Waals surface area contributed by atoms with Gasteiger partial charge in [-0.05, 0) is 48.2 Å². The van der Waals surface area contributed by atoms with Gasteiger partial charge >= 0.3 is 58.9 Å². The van der Waals surface area contributed by atoms with Gasteiger partial charge in [0.15, 0.2) is 0 Å². The van der Waals surface area contributed by atoms with Crippen molar-refractivity contribution in [2.75, 3.05) is 0 Å². The third-order valence-corrected chi connectivity index (χ3v) is 11.4. The van der Waals surface area contributed by atoms with Crippen molar-refractivity contribution in [3.8, 4) is 22.3 Å². The van der Waals surface area contributed by atoms with E-state index < -0.39 is 42.4 Å². The van der Waals surface area contributed by atoms with E-state index in [1.165, 1.54) is 35.4 Å². The van der Waals surface area contributed by atoms with Crippen LogP contribution in [0.4, 0.5) is 26.3 Å². The Labute approximate surface area is 285 Å². The van der Waals surface area contributed by atoms with Gasteiger partial charge in [-0.25, -0.2) is 0 Å². The molecule has 0 aliphatic rings. The second kappa shape index (κ2) is 15.9. The van der Waals surface area contributed by atoms with E-state index in [2.05, 4.69) is 38.1 Å². The summed E-state index contributed by atoms with van der Waals surface area (Å²) in [6, 6.07) is 31.0. The molecule has 0 radical (unpaired) electrons. The predicted octanol–water partition coefficient (Wildman–Crippen LogP) is 13.3. The fourth-order valence-corrected chi connectivity index (χ4v) is 5.18. The Hall–Kier alpha value is -2.99. The van der Waals surface area contributed by atoms with Crippen LogP contribution in [0.25, 0.3) is 43.8 Å². The molecule has 6 aromatic carbocycles. The van der Waals surface area contributed by atoms with E-state index in [9.17, 15) is 26.3 Å². The Balaban J connectivity index is 0.000000186. The number of aryl methyl sites for hydroxylation is 2. The summed E-state index contributed by atoms with van der Waals surface area (Å²) in [7, 11) is 10.7. The molecule has 246 valence electrons. The minimum absolute atomic E-state index is 0.616. The molecule has 0 aliphatic heterocycles. The van der Waals surface area contributed by atoms with E-state index in [1.807, 2.05) is 47.0 Å². The van der Waals surface area contributed by atoms with Gasteiger partial charge in [0.2, 0.25) is 0 Å². The summed E-state index contributed by atoms with van der Waals surface area (Å²) in [6.45, 7) is 6.08. The molecule has 0 fully saturated rings. The van der Waals surface area contributed by atoms with Crippen LogP contribution in [-0.2, 0) is 44.1 Å². The van der Waals surface area contributed by atoms with Crippen molar-refractivity contribution in [2.45, 2.75) is 46.0 Å². The SMILES string of the molecule is CCc1cc2c(-c3ccc(C(F)(F)F)cc3)cccc2[cH-]1.CCc1cc2c(-c3ccc(C(F)(F)F)cc3)cccc2[cH-]1.C[CH]=[Zr]([Cl])[Cl]. The average Bonchev–Trinajstić information content (AvgIpc) is 3.69. The van der Waals surface area contributed by atoms with Crippen LogP contribution in [0.1, 0.15) is 43.0 Å². The number of halogens is 8. The van der Waals surface area contributed by atoms with E-state index in [0.717, 1.165) is 80.9 Å². The van der Waals surface area contributed by atoms with Crippen molar-refractivity contribution in [1.82, 2.24) is 0 Å². The molecule has 0 nitrogen and oxygen atoms in total. The van der Waals surface area contributed by atoms with Crippen molar-refractivity contribution >= 4 is 42.3 Å². The van der Waals surface area contributed by atoms with Crippen molar-refractivity contribution in [2.24, 2.45) is 0 Å². The second-order valence-corrected chi connectivity index (χ2v) is 19.6. The maximum absolute atomic E-state index is 12.6. The van der Waals surface area contributed by atoms with Gasteiger partial charge in [-0.2, -0.15) is 38.5 Å². The van der Waals surface area contributed by atoms with Gasteiger partial charge in [-0.1, -0.05) is 61.4 Å². The fourth-order valence-electron chi connectivity index (χ4n) is 5.18. The molecule has 0 saturated heterocycles. The summed E-state index contributed by atoms with van der Waals surface area (Å²) >= 11 is -1.76. The zero-order chi connectivity index (χ0) is 34.4. The van der Waals surface area contributed by atoms with E-state index in [-0.39, 0.29) is 0 Å². The minimum atomic E-state index is -4.29. The van der Waals surface area contributed by atoms with Gasteiger partial charge in [0.25, 0.3) is 0 Å². The molecule has 6 rings (SSSR count). The van der Waals surface area contributed by atoms with Crippen LogP contribution in [-0.4, -0.2) is 3.71 Å². The van der Waals surface area contributed by atoms with Crippen LogP contribution in [0.3, 0.4) is 0 Å². The maximum atomic E-state index is 12.6. The third-order valence-electron chi connectivity index (χ3n) is 7.70. The second-order valence-electron chi connectivity index (χ2n) is 10.8. The molecule has 47 heavy (non-hydrogen) atoms. The molecule has 0 heterocycles. The number of benzene rings is 4. The Morgan fingerprint density at radius 2 is 0.936 bits per heavy atom. The Bertz CT molecular complexity index is 1800. The zero-order valence-corrected chi connectivity index (χ0v) is 29.9. The Morgan fingerprint density at radius 3 is 1.21 bits per heavy atom. The van der Waals surface area contributed by atoms with E-state index in [1.54, 1.807) is 0 Å². The van der Waals surface area contributed by atoms with Crippen molar-refractivity contribution in [3.63, 3.8) is 0 Å². The van der Waals surface area contributed by atoms with Gasteiger partial charge in [0.05, 0.1) is 11.1 Å². The summed E-state index contributed by atoms with van der Waals surface area (Å²) in [5.74, 6) is 0. The normalized spacial score (nSPS) is 11.5. The van der Waals surface area contributed by atoms with E-state index in [4.69, 9.17) is 17.0 Å². The summed E-state index contributed by atoms with van der Waals surface area (Å²) < 4.78 is 77.6. The van der Waals surface area contributed by atoms with Crippen LogP contribution in [0.15, 0.2) is 109 Å². The molecule has 0 N–H and O–H groups in total. The fraction of sp³-hybridized carbons (Fsp3) is 0.184. The monoisotopic (exact) mass is 762 g/mol. The molecule has 0 aliphatic carbocycles. The molecule has 0 unspecified atom stereocenters. The first kappa shape index (κ1) is 36.8. The number of hydrogen-bond donors (Lipinski definition) is 0.